The molecule has 0 aliphatic heterocycles. The van der Waals surface area contributed by atoms with Crippen LogP contribution in [0.5, 0.6) is 0 Å². The monoisotopic (exact) mass is 275 g/mol. The molecule has 0 fully saturated rings. The highest BCUT2D eigenvalue weighted by Crippen LogP contribution is 2.02. The maximum absolute atomic E-state index is 12.0. The van der Waals surface area contributed by atoms with Gasteiger partial charge >= 0.3 is 5.69 Å². The molecule has 0 aliphatic carbocycles. The fraction of sp³-hybridized carbons (Fsp3) is 0.600. The number of hydrogen-bond acceptors (Lipinski definition) is 4. The Hall–Kier alpha value is -1.41. The molecular formula is C10H17N3O4S. The highest BCUT2D eigenvalue weighted by Gasteiger charge is 2.22. The van der Waals surface area contributed by atoms with E-state index in [4.69, 9.17) is 0 Å². The molecule has 0 aliphatic rings. The van der Waals surface area contributed by atoms with Crippen molar-refractivity contribution in [1.82, 2.24) is 13.9 Å². The zero-order valence-corrected chi connectivity index (χ0v) is 11.6. The number of rotatable bonds is 4. The Morgan fingerprint density at radius 1 is 1.33 bits per heavy atom. The van der Waals surface area contributed by atoms with Gasteiger partial charge in [0.15, 0.2) is 4.90 Å². The molecule has 0 spiro atoms. The molecule has 0 saturated carbocycles. The van der Waals surface area contributed by atoms with Gasteiger partial charge in [-0.1, -0.05) is 6.92 Å². The third-order valence-electron chi connectivity index (χ3n) is 2.67. The van der Waals surface area contributed by atoms with Crippen LogP contribution in [0.4, 0.5) is 0 Å². The van der Waals surface area contributed by atoms with Gasteiger partial charge in [-0.2, -0.15) is 0 Å². The van der Waals surface area contributed by atoms with Gasteiger partial charge in [-0.05, 0) is 13.3 Å². The molecule has 18 heavy (non-hydrogen) atoms. The minimum Gasteiger partial charge on any atom is -0.302 e. The molecule has 0 bridgehead atoms. The highest BCUT2D eigenvalue weighted by molar-refractivity contribution is 7.89. The first kappa shape index (κ1) is 14.7. The fourth-order valence-corrected chi connectivity index (χ4v) is 2.86. The fourth-order valence-electron chi connectivity index (χ4n) is 1.37. The van der Waals surface area contributed by atoms with Crippen molar-refractivity contribution >= 4 is 10.0 Å². The van der Waals surface area contributed by atoms with Gasteiger partial charge in [0.05, 0.1) is 0 Å². The largest absolute Gasteiger partial charge is 0.330 e. The quantitative estimate of drug-likeness (QED) is 0.776. The van der Waals surface area contributed by atoms with Crippen molar-refractivity contribution in [3.05, 3.63) is 27.0 Å². The van der Waals surface area contributed by atoms with Crippen LogP contribution in [-0.4, -0.2) is 23.6 Å². The second-order valence-electron chi connectivity index (χ2n) is 4.18. The molecule has 1 rings (SSSR count). The smallest absolute Gasteiger partial charge is 0.302 e. The lowest BCUT2D eigenvalue weighted by Gasteiger charge is -2.12. The molecule has 1 atom stereocenters. The van der Waals surface area contributed by atoms with Crippen LogP contribution in [0.25, 0.3) is 0 Å². The van der Waals surface area contributed by atoms with Gasteiger partial charge in [0.2, 0.25) is 10.0 Å². The van der Waals surface area contributed by atoms with Crippen molar-refractivity contribution in [2.24, 2.45) is 14.1 Å². The van der Waals surface area contributed by atoms with Gasteiger partial charge in [-0.3, -0.25) is 9.36 Å². The van der Waals surface area contributed by atoms with E-state index in [1.54, 1.807) is 6.92 Å². The van der Waals surface area contributed by atoms with Crippen molar-refractivity contribution in [2.45, 2.75) is 31.2 Å². The SMILES string of the molecule is CC[C@@H](C)NS(=O)(=O)c1cn(C)c(=O)n(C)c1=O. The van der Waals surface area contributed by atoms with Crippen LogP contribution in [-0.2, 0) is 24.1 Å². The summed E-state index contributed by atoms with van der Waals surface area (Å²) in [5.41, 5.74) is -1.39. The van der Waals surface area contributed by atoms with Crippen LogP contribution in [0.3, 0.4) is 0 Å². The molecule has 1 aromatic rings. The van der Waals surface area contributed by atoms with E-state index in [9.17, 15) is 18.0 Å². The Morgan fingerprint density at radius 3 is 2.39 bits per heavy atom. The number of aromatic nitrogens is 2. The normalized spacial score (nSPS) is 13.6. The summed E-state index contributed by atoms with van der Waals surface area (Å²) in [5.74, 6) is 0. The average molecular weight is 275 g/mol. The molecule has 8 heteroatoms. The first-order chi connectivity index (χ1) is 8.20. The number of nitrogens with zero attached hydrogens (tertiary/aromatic N) is 2. The zero-order valence-electron chi connectivity index (χ0n) is 10.8. The van der Waals surface area contributed by atoms with Gasteiger partial charge in [0, 0.05) is 26.3 Å². The number of sulfonamides is 1. The summed E-state index contributed by atoms with van der Waals surface area (Å²) in [4.78, 5) is 22.8. The maximum Gasteiger partial charge on any atom is 0.330 e. The van der Waals surface area contributed by atoms with E-state index in [0.29, 0.717) is 6.42 Å². The molecular weight excluding hydrogens is 258 g/mol. The predicted molar refractivity (Wildman–Crippen MR) is 67.0 cm³/mol. The van der Waals surface area contributed by atoms with E-state index in [2.05, 4.69) is 4.72 Å². The van der Waals surface area contributed by atoms with Gasteiger partial charge < -0.3 is 4.57 Å². The molecule has 102 valence electrons. The van der Waals surface area contributed by atoms with Crippen molar-refractivity contribution < 1.29 is 8.42 Å². The second-order valence-corrected chi connectivity index (χ2v) is 5.86. The van der Waals surface area contributed by atoms with Crippen LogP contribution in [0.2, 0.25) is 0 Å². The average Bonchev–Trinajstić information content (AvgIpc) is 2.30. The van der Waals surface area contributed by atoms with E-state index in [0.717, 1.165) is 15.3 Å². The molecule has 1 heterocycles. The predicted octanol–water partition coefficient (Wildman–Crippen LogP) is -0.839. The number of nitrogens with one attached hydrogen (secondary N) is 1. The van der Waals surface area contributed by atoms with Crippen molar-refractivity contribution in [2.75, 3.05) is 0 Å². The van der Waals surface area contributed by atoms with Crippen LogP contribution in [0.15, 0.2) is 20.7 Å². The lowest BCUT2D eigenvalue weighted by atomic mass is 10.3. The highest BCUT2D eigenvalue weighted by atomic mass is 32.2. The third-order valence-corrected chi connectivity index (χ3v) is 4.24. The van der Waals surface area contributed by atoms with Gasteiger partial charge in [-0.25, -0.2) is 17.9 Å². The first-order valence-corrected chi connectivity index (χ1v) is 6.98. The van der Waals surface area contributed by atoms with E-state index in [1.165, 1.54) is 14.1 Å². The van der Waals surface area contributed by atoms with Gasteiger partial charge in [-0.15, -0.1) is 0 Å². The molecule has 1 aromatic heterocycles. The Morgan fingerprint density at radius 2 is 1.89 bits per heavy atom. The van der Waals surface area contributed by atoms with Crippen molar-refractivity contribution in [3.63, 3.8) is 0 Å². The summed E-state index contributed by atoms with van der Waals surface area (Å²) in [7, 11) is -1.27. The van der Waals surface area contributed by atoms with Crippen molar-refractivity contribution in [1.29, 1.82) is 0 Å². The van der Waals surface area contributed by atoms with Gasteiger partial charge in [0.1, 0.15) is 0 Å². The topological polar surface area (TPSA) is 90.2 Å². The number of aryl methyl sites for hydroxylation is 1. The Labute approximate surface area is 105 Å². The van der Waals surface area contributed by atoms with E-state index >= 15 is 0 Å². The minimum atomic E-state index is -3.91. The van der Waals surface area contributed by atoms with Crippen LogP contribution >= 0.6 is 0 Å². The molecule has 7 nitrogen and oxygen atoms in total. The summed E-state index contributed by atoms with van der Waals surface area (Å²) in [6.45, 7) is 3.52. The first-order valence-electron chi connectivity index (χ1n) is 5.49. The second kappa shape index (κ2) is 5.07. The summed E-state index contributed by atoms with van der Waals surface area (Å²) < 4.78 is 28.2. The van der Waals surface area contributed by atoms with E-state index in [1.807, 2.05) is 6.92 Å². The number of hydrogen-bond donors (Lipinski definition) is 1. The third kappa shape index (κ3) is 2.70. The summed E-state index contributed by atoms with van der Waals surface area (Å²) in [6.07, 6.45) is 1.64. The minimum absolute atomic E-state index is 0.281. The van der Waals surface area contributed by atoms with Crippen molar-refractivity contribution in [3.8, 4) is 0 Å². The Kier molecular flexibility index (Phi) is 4.12. The molecule has 0 radical (unpaired) electrons. The lowest BCUT2D eigenvalue weighted by Crippen LogP contribution is -2.42. The van der Waals surface area contributed by atoms with Crippen LogP contribution < -0.4 is 16.0 Å². The molecule has 1 N–H and O–H groups in total. The Balaban J connectivity index is 3.44. The molecule has 0 unspecified atom stereocenters. The summed E-state index contributed by atoms with van der Waals surface area (Å²) >= 11 is 0. The molecule has 0 amide bonds. The van der Waals surface area contributed by atoms with E-state index < -0.39 is 26.2 Å². The summed E-state index contributed by atoms with van der Waals surface area (Å²) in [5, 5.41) is 0. The maximum atomic E-state index is 12.0. The molecule has 0 aromatic carbocycles. The van der Waals surface area contributed by atoms with Crippen LogP contribution in [0, 0.1) is 0 Å². The molecule has 0 saturated heterocycles. The van der Waals surface area contributed by atoms with Crippen LogP contribution in [0.1, 0.15) is 20.3 Å². The standard InChI is InChI=1S/C10H17N3O4S/c1-5-7(2)11-18(16,17)8-6-12(3)10(15)13(4)9(8)14/h6-7,11H,5H2,1-4H3/t7-/m1/s1. The lowest BCUT2D eigenvalue weighted by molar-refractivity contribution is 0.548. The Bertz CT molecular complexity index is 657. The van der Waals surface area contributed by atoms with Gasteiger partial charge in [0.25, 0.3) is 5.56 Å². The summed E-state index contributed by atoms with van der Waals surface area (Å²) in [6, 6.07) is -0.281. The zero-order chi connectivity index (χ0) is 14.1. The van der Waals surface area contributed by atoms with E-state index in [-0.39, 0.29) is 6.04 Å².